The summed E-state index contributed by atoms with van der Waals surface area (Å²) in [6, 6.07) is -0.698. The Bertz CT molecular complexity index is 445. The Morgan fingerprint density at radius 3 is 2.68 bits per heavy atom. The van der Waals surface area contributed by atoms with E-state index in [0.717, 1.165) is 0 Å². The number of hydrogen-bond donors (Lipinski definition) is 2. The van der Waals surface area contributed by atoms with Gasteiger partial charge in [0.25, 0.3) is 5.91 Å². The minimum atomic E-state index is -1.02. The molecule has 0 saturated heterocycles. The quantitative estimate of drug-likeness (QED) is 0.791. The first-order valence-corrected chi connectivity index (χ1v) is 7.41. The molecule has 6 nitrogen and oxygen atoms in total. The molecule has 0 saturated carbocycles. The van der Waals surface area contributed by atoms with Crippen LogP contribution in [0.5, 0.6) is 0 Å². The number of carboxylic acid groups (broad SMARTS) is 1. The molecule has 0 aliphatic rings. The van der Waals surface area contributed by atoms with Gasteiger partial charge in [-0.1, -0.05) is 0 Å². The summed E-state index contributed by atoms with van der Waals surface area (Å²) >= 11 is 1.55. The van der Waals surface area contributed by atoms with Crippen molar-refractivity contribution in [3.63, 3.8) is 0 Å². The van der Waals surface area contributed by atoms with E-state index in [-0.39, 0.29) is 6.04 Å². The van der Waals surface area contributed by atoms with Gasteiger partial charge >= 0.3 is 5.97 Å². The molecule has 1 aromatic rings. The molecule has 0 aliphatic heterocycles. The van der Waals surface area contributed by atoms with Crippen molar-refractivity contribution in [3.8, 4) is 0 Å². The van der Waals surface area contributed by atoms with Crippen LogP contribution < -0.4 is 5.32 Å². The summed E-state index contributed by atoms with van der Waals surface area (Å²) in [4.78, 5) is 23.0. The SMILES string of the molecule is CSCC[C@H](NC(=O)c1cnn(C(C)C)c1)C(=O)O. The van der Waals surface area contributed by atoms with Crippen molar-refractivity contribution in [1.29, 1.82) is 0 Å². The first-order valence-electron chi connectivity index (χ1n) is 6.02. The lowest BCUT2D eigenvalue weighted by Gasteiger charge is -2.13. The van der Waals surface area contributed by atoms with E-state index in [1.54, 1.807) is 22.6 Å². The molecule has 1 aromatic heterocycles. The van der Waals surface area contributed by atoms with Gasteiger partial charge in [0.15, 0.2) is 0 Å². The molecule has 106 valence electrons. The topological polar surface area (TPSA) is 84.2 Å². The lowest BCUT2D eigenvalue weighted by molar-refractivity contribution is -0.139. The number of nitrogens with zero attached hydrogens (tertiary/aromatic N) is 2. The number of nitrogens with one attached hydrogen (secondary N) is 1. The third-order valence-corrected chi connectivity index (χ3v) is 3.25. The fraction of sp³-hybridized carbons (Fsp3) is 0.583. The smallest absolute Gasteiger partial charge is 0.326 e. The molecular formula is C12H19N3O3S. The third-order valence-electron chi connectivity index (χ3n) is 2.61. The summed E-state index contributed by atoms with van der Waals surface area (Å²) in [7, 11) is 0. The molecule has 2 N–H and O–H groups in total. The Morgan fingerprint density at radius 1 is 1.53 bits per heavy atom. The van der Waals surface area contributed by atoms with Gasteiger partial charge in [-0.15, -0.1) is 0 Å². The first-order chi connectivity index (χ1) is 8.95. The number of carbonyl (C=O) groups is 2. The van der Waals surface area contributed by atoms with Crippen molar-refractivity contribution >= 4 is 23.6 Å². The normalized spacial score (nSPS) is 12.4. The predicted molar refractivity (Wildman–Crippen MR) is 74.5 cm³/mol. The number of rotatable bonds is 7. The number of aromatic nitrogens is 2. The van der Waals surface area contributed by atoms with Gasteiger partial charge < -0.3 is 10.4 Å². The monoisotopic (exact) mass is 285 g/mol. The standard InChI is InChI=1S/C12H19N3O3S/c1-8(2)15-7-9(6-13-15)11(16)14-10(12(17)18)4-5-19-3/h6-8,10H,4-5H2,1-3H3,(H,14,16)(H,17,18)/t10-/m0/s1. The highest BCUT2D eigenvalue weighted by atomic mass is 32.2. The van der Waals surface area contributed by atoms with Crippen LogP contribution in [0.15, 0.2) is 12.4 Å². The van der Waals surface area contributed by atoms with Crippen molar-refractivity contribution < 1.29 is 14.7 Å². The molecule has 0 fully saturated rings. The molecule has 0 aliphatic carbocycles. The van der Waals surface area contributed by atoms with E-state index in [1.165, 1.54) is 6.20 Å². The van der Waals surface area contributed by atoms with Crippen molar-refractivity contribution in [2.24, 2.45) is 0 Å². The second kappa shape index (κ2) is 7.18. The van der Waals surface area contributed by atoms with Crippen molar-refractivity contribution in [1.82, 2.24) is 15.1 Å². The zero-order valence-corrected chi connectivity index (χ0v) is 12.1. The maximum absolute atomic E-state index is 11.9. The minimum Gasteiger partial charge on any atom is -0.480 e. The molecule has 0 aromatic carbocycles. The largest absolute Gasteiger partial charge is 0.480 e. The fourth-order valence-corrected chi connectivity index (χ4v) is 1.94. The van der Waals surface area contributed by atoms with Gasteiger partial charge in [-0.05, 0) is 32.3 Å². The molecule has 0 spiro atoms. The lowest BCUT2D eigenvalue weighted by Crippen LogP contribution is -2.41. The summed E-state index contributed by atoms with van der Waals surface area (Å²) in [5.74, 6) is -0.735. The predicted octanol–water partition coefficient (Wildman–Crippen LogP) is 1.40. The summed E-state index contributed by atoms with van der Waals surface area (Å²) in [6.45, 7) is 3.90. The van der Waals surface area contributed by atoms with Gasteiger partial charge in [0, 0.05) is 12.2 Å². The van der Waals surface area contributed by atoms with Crippen LogP contribution in [0.1, 0.15) is 36.7 Å². The summed E-state index contributed by atoms with van der Waals surface area (Å²) in [5, 5.41) is 15.6. The van der Waals surface area contributed by atoms with Crippen LogP contribution in [0.3, 0.4) is 0 Å². The zero-order valence-electron chi connectivity index (χ0n) is 11.3. The molecule has 1 amide bonds. The van der Waals surface area contributed by atoms with Gasteiger partial charge in [-0.2, -0.15) is 16.9 Å². The van der Waals surface area contributed by atoms with Crippen LogP contribution in [-0.2, 0) is 4.79 Å². The second-order valence-corrected chi connectivity index (χ2v) is 5.43. The van der Waals surface area contributed by atoms with E-state index in [1.807, 2.05) is 20.1 Å². The zero-order chi connectivity index (χ0) is 14.4. The van der Waals surface area contributed by atoms with Gasteiger partial charge in [0.1, 0.15) is 6.04 Å². The first kappa shape index (κ1) is 15.6. The van der Waals surface area contributed by atoms with Gasteiger partial charge in [0.05, 0.1) is 11.8 Å². The van der Waals surface area contributed by atoms with Crippen molar-refractivity contribution in [2.45, 2.75) is 32.4 Å². The Kier molecular flexibility index (Phi) is 5.88. The molecular weight excluding hydrogens is 266 g/mol. The summed E-state index contributed by atoms with van der Waals surface area (Å²) in [6.07, 6.45) is 5.37. The Morgan fingerprint density at radius 2 is 2.21 bits per heavy atom. The number of thioether (sulfide) groups is 1. The van der Waals surface area contributed by atoms with Crippen LogP contribution in [0, 0.1) is 0 Å². The molecule has 0 unspecified atom stereocenters. The highest BCUT2D eigenvalue weighted by Crippen LogP contribution is 2.07. The third kappa shape index (κ3) is 4.59. The van der Waals surface area contributed by atoms with Crippen LogP contribution >= 0.6 is 11.8 Å². The summed E-state index contributed by atoms with van der Waals surface area (Å²) in [5.41, 5.74) is 0.379. The summed E-state index contributed by atoms with van der Waals surface area (Å²) < 4.78 is 1.66. The van der Waals surface area contributed by atoms with Crippen LogP contribution in [-0.4, -0.2) is 44.8 Å². The van der Waals surface area contributed by atoms with Crippen molar-refractivity contribution in [3.05, 3.63) is 18.0 Å². The van der Waals surface area contributed by atoms with Gasteiger partial charge in [0.2, 0.25) is 0 Å². The van der Waals surface area contributed by atoms with E-state index in [9.17, 15) is 9.59 Å². The van der Waals surface area contributed by atoms with E-state index in [0.29, 0.717) is 17.7 Å². The maximum atomic E-state index is 11.9. The average Bonchev–Trinajstić information content (AvgIpc) is 2.83. The Hall–Kier alpha value is -1.50. The lowest BCUT2D eigenvalue weighted by atomic mass is 10.2. The molecule has 19 heavy (non-hydrogen) atoms. The number of amides is 1. The number of hydrogen-bond acceptors (Lipinski definition) is 4. The van der Waals surface area contributed by atoms with Crippen LogP contribution in [0.2, 0.25) is 0 Å². The Labute approximate surface area is 116 Å². The molecule has 1 atom stereocenters. The highest BCUT2D eigenvalue weighted by molar-refractivity contribution is 7.98. The molecule has 0 bridgehead atoms. The number of aliphatic carboxylic acids is 1. The molecule has 1 heterocycles. The van der Waals surface area contributed by atoms with E-state index < -0.39 is 17.9 Å². The second-order valence-electron chi connectivity index (χ2n) is 4.45. The van der Waals surface area contributed by atoms with Gasteiger partial charge in [-0.3, -0.25) is 9.48 Å². The molecule has 7 heteroatoms. The number of carbonyl (C=O) groups excluding carboxylic acids is 1. The number of carboxylic acids is 1. The Balaban J connectivity index is 2.67. The molecule has 0 radical (unpaired) electrons. The maximum Gasteiger partial charge on any atom is 0.326 e. The van der Waals surface area contributed by atoms with E-state index in [2.05, 4.69) is 10.4 Å². The highest BCUT2D eigenvalue weighted by Gasteiger charge is 2.21. The van der Waals surface area contributed by atoms with Crippen molar-refractivity contribution in [2.75, 3.05) is 12.0 Å². The van der Waals surface area contributed by atoms with Gasteiger partial charge in [-0.25, -0.2) is 4.79 Å². The van der Waals surface area contributed by atoms with Crippen LogP contribution in [0.4, 0.5) is 0 Å². The fourth-order valence-electron chi connectivity index (χ4n) is 1.47. The van der Waals surface area contributed by atoms with E-state index in [4.69, 9.17) is 5.11 Å². The molecule has 1 rings (SSSR count). The average molecular weight is 285 g/mol. The minimum absolute atomic E-state index is 0.160. The van der Waals surface area contributed by atoms with E-state index >= 15 is 0 Å². The van der Waals surface area contributed by atoms with Crippen LogP contribution in [0.25, 0.3) is 0 Å².